The van der Waals surface area contributed by atoms with Crippen molar-refractivity contribution in [2.45, 2.75) is 32.8 Å². The van der Waals surface area contributed by atoms with Gasteiger partial charge in [0.25, 0.3) is 5.91 Å². The van der Waals surface area contributed by atoms with Gasteiger partial charge in [0.15, 0.2) is 6.10 Å². The molecule has 0 aliphatic carbocycles. The van der Waals surface area contributed by atoms with Gasteiger partial charge in [0.05, 0.1) is 13.2 Å². The number of hydrogen-bond donors (Lipinski definition) is 1. The number of nitrogens with one attached hydrogen (secondary N) is 1. The molecule has 8 nitrogen and oxygen atoms in total. The Balaban J connectivity index is 1.81. The minimum absolute atomic E-state index is 0.129. The van der Waals surface area contributed by atoms with E-state index in [1.807, 2.05) is 13.8 Å². The molecule has 1 N–H and O–H groups in total. The lowest BCUT2D eigenvalue weighted by atomic mass is 10.1. The maximum Gasteiger partial charge on any atom is 0.254 e. The number of aromatic nitrogens is 3. The van der Waals surface area contributed by atoms with Crippen LogP contribution in [0.25, 0.3) is 0 Å². The summed E-state index contributed by atoms with van der Waals surface area (Å²) in [6.07, 6.45) is -0.449. The summed E-state index contributed by atoms with van der Waals surface area (Å²) in [6, 6.07) is 3.06. The van der Waals surface area contributed by atoms with E-state index in [0.29, 0.717) is 37.0 Å². The number of hydrogen-bond acceptors (Lipinski definition) is 6. The Morgan fingerprint density at radius 2 is 2.17 bits per heavy atom. The van der Waals surface area contributed by atoms with Gasteiger partial charge in [-0.3, -0.25) is 9.59 Å². The van der Waals surface area contributed by atoms with E-state index in [9.17, 15) is 9.59 Å². The highest BCUT2D eigenvalue weighted by atomic mass is 16.5. The van der Waals surface area contributed by atoms with Gasteiger partial charge in [0, 0.05) is 30.8 Å². The molecule has 24 heavy (non-hydrogen) atoms. The average Bonchev–Trinajstić information content (AvgIpc) is 3.00. The second-order valence-electron chi connectivity index (χ2n) is 6.11. The van der Waals surface area contributed by atoms with E-state index in [1.165, 1.54) is 6.07 Å². The summed E-state index contributed by atoms with van der Waals surface area (Å²) in [5.74, 6) is 0.740. The molecule has 1 aliphatic heterocycles. The molecule has 0 spiro atoms. The Morgan fingerprint density at radius 3 is 2.83 bits per heavy atom. The number of amides is 1. The van der Waals surface area contributed by atoms with Crippen LogP contribution in [0.4, 0.5) is 0 Å². The largest absolute Gasteiger partial charge is 0.423 e. The smallest absolute Gasteiger partial charge is 0.254 e. The maximum atomic E-state index is 12.8. The average molecular weight is 332 g/mol. The third-order valence-corrected chi connectivity index (χ3v) is 3.90. The molecular formula is C16H20N4O4. The molecule has 128 valence electrons. The number of aromatic amines is 1. The predicted molar refractivity (Wildman–Crippen MR) is 84.8 cm³/mol. The first-order valence-corrected chi connectivity index (χ1v) is 7.89. The fourth-order valence-corrected chi connectivity index (χ4v) is 2.61. The van der Waals surface area contributed by atoms with Crippen LogP contribution in [0.2, 0.25) is 0 Å². The highest BCUT2D eigenvalue weighted by Gasteiger charge is 2.29. The highest BCUT2D eigenvalue weighted by Crippen LogP contribution is 2.22. The predicted octanol–water partition coefficient (Wildman–Crippen LogP) is 1.40. The molecule has 1 saturated heterocycles. The van der Waals surface area contributed by atoms with Crippen LogP contribution >= 0.6 is 0 Å². The van der Waals surface area contributed by atoms with Gasteiger partial charge in [-0.15, -0.1) is 10.2 Å². The summed E-state index contributed by atoms with van der Waals surface area (Å²) in [7, 11) is 0. The number of H-pyrrole nitrogens is 1. The van der Waals surface area contributed by atoms with E-state index in [-0.39, 0.29) is 17.4 Å². The fraction of sp³-hybridized carbons (Fsp3) is 0.500. The van der Waals surface area contributed by atoms with Gasteiger partial charge in [-0.1, -0.05) is 13.8 Å². The van der Waals surface area contributed by atoms with Gasteiger partial charge < -0.3 is 19.0 Å². The number of morpholine rings is 1. The molecule has 0 radical (unpaired) electrons. The first-order valence-electron chi connectivity index (χ1n) is 7.89. The quantitative estimate of drug-likeness (QED) is 0.912. The van der Waals surface area contributed by atoms with Crippen LogP contribution in [0.5, 0.6) is 0 Å². The van der Waals surface area contributed by atoms with Gasteiger partial charge in [-0.25, -0.2) is 0 Å². The molecule has 2 aromatic heterocycles. The van der Waals surface area contributed by atoms with Crippen molar-refractivity contribution in [3.8, 4) is 0 Å². The first kappa shape index (κ1) is 16.4. The van der Waals surface area contributed by atoms with Crippen LogP contribution < -0.4 is 5.56 Å². The van der Waals surface area contributed by atoms with Crippen molar-refractivity contribution in [3.63, 3.8) is 0 Å². The van der Waals surface area contributed by atoms with Crippen LogP contribution in [0.3, 0.4) is 0 Å². The van der Waals surface area contributed by atoms with Gasteiger partial charge in [0.1, 0.15) is 0 Å². The summed E-state index contributed by atoms with van der Waals surface area (Å²) in [4.78, 5) is 29.0. The Labute approximate surface area is 138 Å². The van der Waals surface area contributed by atoms with E-state index in [1.54, 1.807) is 17.9 Å². The third-order valence-electron chi connectivity index (χ3n) is 3.90. The standard InChI is InChI=1S/C16H20N4O4/c1-9(2)12-6-11(7-14(21)17-12)16(22)20-4-5-23-13(8-20)15-19-18-10(3)24-15/h6-7,9,13H,4-5,8H2,1-3H3,(H,17,21)/t13-/m0/s1. The number of ether oxygens (including phenoxy) is 1. The topological polar surface area (TPSA) is 101 Å². The third kappa shape index (κ3) is 3.38. The van der Waals surface area contributed by atoms with Gasteiger partial charge in [-0.05, 0) is 12.0 Å². The van der Waals surface area contributed by atoms with Crippen molar-refractivity contribution >= 4 is 5.91 Å². The Hall–Kier alpha value is -2.48. The van der Waals surface area contributed by atoms with Crippen molar-refractivity contribution in [1.82, 2.24) is 20.1 Å². The van der Waals surface area contributed by atoms with E-state index >= 15 is 0 Å². The summed E-state index contributed by atoms with van der Waals surface area (Å²) in [5, 5.41) is 7.74. The van der Waals surface area contributed by atoms with Crippen molar-refractivity contribution < 1.29 is 13.9 Å². The lowest BCUT2D eigenvalue weighted by Gasteiger charge is -2.31. The molecule has 1 aliphatic rings. The van der Waals surface area contributed by atoms with E-state index in [2.05, 4.69) is 15.2 Å². The number of pyridine rings is 1. The zero-order valence-corrected chi connectivity index (χ0v) is 13.9. The molecule has 3 heterocycles. The van der Waals surface area contributed by atoms with Crippen LogP contribution in [0.15, 0.2) is 21.3 Å². The fourth-order valence-electron chi connectivity index (χ4n) is 2.61. The lowest BCUT2D eigenvalue weighted by molar-refractivity contribution is -0.0349. The van der Waals surface area contributed by atoms with Crippen LogP contribution in [-0.4, -0.2) is 45.7 Å². The van der Waals surface area contributed by atoms with Crippen molar-refractivity contribution in [3.05, 3.63) is 45.5 Å². The number of aryl methyl sites for hydroxylation is 1. The van der Waals surface area contributed by atoms with Crippen LogP contribution in [0.1, 0.15) is 53.7 Å². The molecule has 8 heteroatoms. The molecule has 1 atom stereocenters. The van der Waals surface area contributed by atoms with Crippen molar-refractivity contribution in [2.24, 2.45) is 0 Å². The molecule has 0 saturated carbocycles. The minimum Gasteiger partial charge on any atom is -0.423 e. The van der Waals surface area contributed by atoms with E-state index in [4.69, 9.17) is 9.15 Å². The highest BCUT2D eigenvalue weighted by molar-refractivity contribution is 5.94. The molecular weight excluding hydrogens is 312 g/mol. The van der Waals surface area contributed by atoms with Crippen molar-refractivity contribution in [1.29, 1.82) is 0 Å². The number of nitrogens with zero attached hydrogens (tertiary/aromatic N) is 3. The van der Waals surface area contributed by atoms with E-state index in [0.717, 1.165) is 5.69 Å². The number of carbonyl (C=O) groups is 1. The molecule has 1 amide bonds. The van der Waals surface area contributed by atoms with Gasteiger partial charge in [0.2, 0.25) is 17.3 Å². The summed E-state index contributed by atoms with van der Waals surface area (Å²) >= 11 is 0. The van der Waals surface area contributed by atoms with Gasteiger partial charge >= 0.3 is 0 Å². The molecule has 0 bridgehead atoms. The normalized spacial score (nSPS) is 18.2. The summed E-state index contributed by atoms with van der Waals surface area (Å²) in [5.41, 5.74) is 0.842. The molecule has 3 rings (SSSR count). The first-order chi connectivity index (χ1) is 11.4. The second-order valence-corrected chi connectivity index (χ2v) is 6.11. The van der Waals surface area contributed by atoms with Gasteiger partial charge in [-0.2, -0.15) is 0 Å². The number of carbonyl (C=O) groups excluding carboxylic acids is 1. The summed E-state index contributed by atoms with van der Waals surface area (Å²) in [6.45, 7) is 6.75. The SMILES string of the molecule is Cc1nnc([C@@H]2CN(C(=O)c3cc(C(C)C)[nH]c(=O)c3)CCO2)o1. The molecule has 0 unspecified atom stereocenters. The van der Waals surface area contributed by atoms with Crippen LogP contribution in [-0.2, 0) is 4.74 Å². The summed E-state index contributed by atoms with van der Waals surface area (Å²) < 4.78 is 11.0. The second kappa shape index (κ2) is 6.56. The zero-order valence-electron chi connectivity index (χ0n) is 13.9. The minimum atomic E-state index is -0.449. The lowest BCUT2D eigenvalue weighted by Crippen LogP contribution is -2.42. The maximum absolute atomic E-state index is 12.8. The van der Waals surface area contributed by atoms with E-state index < -0.39 is 6.10 Å². The van der Waals surface area contributed by atoms with Crippen molar-refractivity contribution in [2.75, 3.05) is 19.7 Å². The monoisotopic (exact) mass is 332 g/mol. The number of rotatable bonds is 3. The molecule has 1 fully saturated rings. The zero-order chi connectivity index (χ0) is 17.3. The Kier molecular flexibility index (Phi) is 4.48. The molecule has 0 aromatic carbocycles. The Bertz CT molecular complexity index is 795. The Morgan fingerprint density at radius 1 is 1.38 bits per heavy atom. The van der Waals surface area contributed by atoms with Crippen LogP contribution in [0, 0.1) is 6.92 Å². The molecule has 2 aromatic rings.